The second kappa shape index (κ2) is 8.83. The van der Waals surface area contributed by atoms with Crippen LogP contribution >= 0.6 is 11.6 Å². The van der Waals surface area contributed by atoms with Crippen LogP contribution in [0.2, 0.25) is 5.02 Å². The number of carbonyl (C=O) groups excluding carboxylic acids is 2. The van der Waals surface area contributed by atoms with Crippen molar-refractivity contribution in [2.24, 2.45) is 0 Å². The summed E-state index contributed by atoms with van der Waals surface area (Å²) in [5, 5.41) is 3.36. The van der Waals surface area contributed by atoms with E-state index in [0.717, 1.165) is 5.56 Å². The number of amides is 2. The number of nitrogens with zero attached hydrogens (tertiary/aromatic N) is 1. The highest BCUT2D eigenvalue weighted by molar-refractivity contribution is 6.31. The first-order valence-corrected chi connectivity index (χ1v) is 8.98. The van der Waals surface area contributed by atoms with Gasteiger partial charge >= 0.3 is 0 Å². The molecule has 2 amide bonds. The van der Waals surface area contributed by atoms with Gasteiger partial charge in [0, 0.05) is 30.1 Å². The van der Waals surface area contributed by atoms with Gasteiger partial charge < -0.3 is 15.0 Å². The van der Waals surface area contributed by atoms with E-state index in [0.29, 0.717) is 43.3 Å². The van der Waals surface area contributed by atoms with Crippen molar-refractivity contribution in [3.05, 3.63) is 70.7 Å². The van der Waals surface area contributed by atoms with Crippen LogP contribution in [0.15, 0.2) is 54.6 Å². The molecule has 1 atom stereocenters. The number of nitrogens with one attached hydrogen (secondary N) is 1. The van der Waals surface area contributed by atoms with Crippen molar-refractivity contribution in [3.8, 4) is 0 Å². The summed E-state index contributed by atoms with van der Waals surface area (Å²) in [5.74, 6) is -0.400. The van der Waals surface area contributed by atoms with Gasteiger partial charge in [0.1, 0.15) is 6.04 Å². The summed E-state index contributed by atoms with van der Waals surface area (Å²) in [4.78, 5) is 27.3. The van der Waals surface area contributed by atoms with Gasteiger partial charge in [0.2, 0.25) is 5.91 Å². The zero-order valence-electron chi connectivity index (χ0n) is 14.4. The lowest BCUT2D eigenvalue weighted by molar-refractivity contribution is -0.137. The highest BCUT2D eigenvalue weighted by Crippen LogP contribution is 2.12. The molecule has 1 saturated heterocycles. The first-order chi connectivity index (χ1) is 12.6. The zero-order chi connectivity index (χ0) is 18.4. The van der Waals surface area contributed by atoms with Crippen molar-refractivity contribution in [2.75, 3.05) is 26.3 Å². The van der Waals surface area contributed by atoms with Crippen LogP contribution < -0.4 is 5.32 Å². The highest BCUT2D eigenvalue weighted by Gasteiger charge is 2.27. The standard InChI is InChI=1S/C20H21ClN2O3/c21-17-8-4-7-16(14-17)19(24)22-18(13-15-5-2-1-3-6-15)20(25)23-9-11-26-12-10-23/h1-8,14,18H,9-13H2,(H,22,24)/t18-/m0/s1. The number of carbonyl (C=O) groups is 2. The molecule has 5 nitrogen and oxygen atoms in total. The van der Waals surface area contributed by atoms with Crippen LogP contribution in [0.4, 0.5) is 0 Å². The first kappa shape index (κ1) is 18.4. The van der Waals surface area contributed by atoms with E-state index in [1.165, 1.54) is 0 Å². The summed E-state index contributed by atoms with van der Waals surface area (Å²) < 4.78 is 5.32. The quantitative estimate of drug-likeness (QED) is 0.877. The Morgan fingerprint density at radius 2 is 1.81 bits per heavy atom. The Kier molecular flexibility index (Phi) is 6.26. The minimum absolute atomic E-state index is 0.0902. The van der Waals surface area contributed by atoms with E-state index in [-0.39, 0.29) is 11.8 Å². The molecule has 3 rings (SSSR count). The van der Waals surface area contributed by atoms with E-state index in [2.05, 4.69) is 5.32 Å². The van der Waals surface area contributed by atoms with Crippen molar-refractivity contribution in [2.45, 2.75) is 12.5 Å². The maximum Gasteiger partial charge on any atom is 0.251 e. The molecule has 1 heterocycles. The Morgan fingerprint density at radius 1 is 1.08 bits per heavy atom. The minimum Gasteiger partial charge on any atom is -0.378 e. The lowest BCUT2D eigenvalue weighted by Crippen LogP contribution is -2.52. The normalized spacial score (nSPS) is 15.3. The molecule has 2 aromatic carbocycles. The molecule has 0 radical (unpaired) electrons. The summed E-state index contributed by atoms with van der Waals surface area (Å²) in [7, 11) is 0. The van der Waals surface area contributed by atoms with Crippen molar-refractivity contribution >= 4 is 23.4 Å². The number of benzene rings is 2. The molecule has 1 aliphatic rings. The van der Waals surface area contributed by atoms with Gasteiger partial charge in [0.05, 0.1) is 13.2 Å². The highest BCUT2D eigenvalue weighted by atomic mass is 35.5. The molecule has 1 aliphatic heterocycles. The molecule has 1 N–H and O–H groups in total. The molecule has 1 fully saturated rings. The molecule has 26 heavy (non-hydrogen) atoms. The van der Waals surface area contributed by atoms with Gasteiger partial charge in [-0.05, 0) is 23.8 Å². The number of hydrogen-bond donors (Lipinski definition) is 1. The maximum absolute atomic E-state index is 13.0. The monoisotopic (exact) mass is 372 g/mol. The average molecular weight is 373 g/mol. The van der Waals surface area contributed by atoms with Gasteiger partial charge in [-0.2, -0.15) is 0 Å². The van der Waals surface area contributed by atoms with E-state index in [1.54, 1.807) is 29.2 Å². The molecule has 2 aromatic rings. The van der Waals surface area contributed by atoms with Gasteiger partial charge in [0.15, 0.2) is 0 Å². The first-order valence-electron chi connectivity index (χ1n) is 8.60. The van der Waals surface area contributed by atoms with E-state index in [1.807, 2.05) is 30.3 Å². The van der Waals surface area contributed by atoms with Gasteiger partial charge in [-0.25, -0.2) is 0 Å². The molecule has 0 spiro atoms. The Balaban J connectivity index is 1.77. The second-order valence-corrected chi connectivity index (χ2v) is 6.60. The van der Waals surface area contributed by atoms with Crippen LogP contribution in [0.25, 0.3) is 0 Å². The van der Waals surface area contributed by atoms with Crippen LogP contribution in [0.3, 0.4) is 0 Å². The number of hydrogen-bond acceptors (Lipinski definition) is 3. The van der Waals surface area contributed by atoms with Crippen LogP contribution in [-0.2, 0) is 16.0 Å². The molecule has 0 aromatic heterocycles. The Labute approximate surface area is 157 Å². The van der Waals surface area contributed by atoms with Gasteiger partial charge in [-0.1, -0.05) is 48.0 Å². The van der Waals surface area contributed by atoms with E-state index in [9.17, 15) is 9.59 Å². The predicted molar refractivity (Wildman–Crippen MR) is 100 cm³/mol. The maximum atomic E-state index is 13.0. The molecule has 6 heteroatoms. The lowest BCUT2D eigenvalue weighted by Gasteiger charge is -2.31. The smallest absolute Gasteiger partial charge is 0.251 e. The van der Waals surface area contributed by atoms with Gasteiger partial charge in [0.25, 0.3) is 5.91 Å². The predicted octanol–water partition coefficient (Wildman–Crippen LogP) is 2.54. The second-order valence-electron chi connectivity index (χ2n) is 6.16. The van der Waals surface area contributed by atoms with Crippen molar-refractivity contribution < 1.29 is 14.3 Å². The van der Waals surface area contributed by atoms with Crippen molar-refractivity contribution in [3.63, 3.8) is 0 Å². The SMILES string of the molecule is O=C(N[C@@H](Cc1ccccc1)C(=O)N1CCOCC1)c1cccc(Cl)c1. The lowest BCUT2D eigenvalue weighted by atomic mass is 10.0. The number of morpholine rings is 1. The molecule has 0 saturated carbocycles. The summed E-state index contributed by atoms with van der Waals surface area (Å²) in [6, 6.07) is 15.7. The van der Waals surface area contributed by atoms with Crippen LogP contribution in [0.1, 0.15) is 15.9 Å². The summed E-state index contributed by atoms with van der Waals surface area (Å²) in [5.41, 5.74) is 1.43. The fourth-order valence-electron chi connectivity index (χ4n) is 2.93. The molecule has 0 unspecified atom stereocenters. The Hall–Kier alpha value is -2.37. The number of halogens is 1. The van der Waals surface area contributed by atoms with Crippen LogP contribution in [0, 0.1) is 0 Å². The zero-order valence-corrected chi connectivity index (χ0v) is 15.1. The fourth-order valence-corrected chi connectivity index (χ4v) is 3.12. The van der Waals surface area contributed by atoms with Crippen LogP contribution in [0.5, 0.6) is 0 Å². The summed E-state index contributed by atoms with van der Waals surface area (Å²) in [6.07, 6.45) is 0.434. The third-order valence-electron chi connectivity index (χ3n) is 4.30. The molecular formula is C20H21ClN2O3. The Morgan fingerprint density at radius 3 is 2.50 bits per heavy atom. The molecule has 136 valence electrons. The van der Waals surface area contributed by atoms with Gasteiger partial charge in [-0.15, -0.1) is 0 Å². The average Bonchev–Trinajstić information content (AvgIpc) is 2.68. The summed E-state index contributed by atoms with van der Waals surface area (Å²) in [6.45, 7) is 2.12. The number of ether oxygens (including phenoxy) is 1. The fraction of sp³-hybridized carbons (Fsp3) is 0.300. The minimum atomic E-state index is -0.637. The Bertz CT molecular complexity index is 761. The van der Waals surface area contributed by atoms with Crippen molar-refractivity contribution in [1.82, 2.24) is 10.2 Å². The largest absolute Gasteiger partial charge is 0.378 e. The summed E-state index contributed by atoms with van der Waals surface area (Å²) >= 11 is 5.97. The molecule has 0 bridgehead atoms. The van der Waals surface area contributed by atoms with Crippen molar-refractivity contribution in [1.29, 1.82) is 0 Å². The molecule has 0 aliphatic carbocycles. The number of rotatable bonds is 5. The topological polar surface area (TPSA) is 58.6 Å². The third kappa shape index (κ3) is 4.84. The van der Waals surface area contributed by atoms with Crippen LogP contribution in [-0.4, -0.2) is 49.1 Å². The van der Waals surface area contributed by atoms with Gasteiger partial charge in [-0.3, -0.25) is 9.59 Å². The third-order valence-corrected chi connectivity index (χ3v) is 4.53. The van der Waals surface area contributed by atoms with E-state index in [4.69, 9.17) is 16.3 Å². The van der Waals surface area contributed by atoms with E-state index < -0.39 is 6.04 Å². The molecular weight excluding hydrogens is 352 g/mol. The van der Waals surface area contributed by atoms with E-state index >= 15 is 0 Å².